The molecule has 0 aromatic heterocycles. The van der Waals surface area contributed by atoms with Gasteiger partial charge in [-0.1, -0.05) is 11.6 Å². The van der Waals surface area contributed by atoms with Crippen LogP contribution in [-0.2, 0) is 0 Å². The van der Waals surface area contributed by atoms with Crippen LogP contribution < -0.4 is 20.1 Å². The molecular weight excluding hydrogens is 390 g/mol. The van der Waals surface area contributed by atoms with Gasteiger partial charge in [0.2, 0.25) is 0 Å². The molecule has 0 spiro atoms. The minimum Gasteiger partial charge on any atom is -0.493 e. The highest BCUT2D eigenvalue weighted by molar-refractivity contribution is 6.30. The zero-order valence-corrected chi connectivity index (χ0v) is 15.9. The van der Waals surface area contributed by atoms with Crippen LogP contribution in [0, 0.1) is 10.1 Å². The van der Waals surface area contributed by atoms with Gasteiger partial charge in [-0.15, -0.1) is 0 Å². The van der Waals surface area contributed by atoms with Gasteiger partial charge in [0.15, 0.2) is 11.5 Å². The zero-order valence-electron chi connectivity index (χ0n) is 15.2. The molecule has 0 aliphatic carbocycles. The van der Waals surface area contributed by atoms with E-state index in [1.165, 1.54) is 20.3 Å². The maximum atomic E-state index is 12.4. The Morgan fingerprint density at radius 2 is 1.54 bits per heavy atom. The van der Waals surface area contributed by atoms with Crippen LogP contribution in [0.15, 0.2) is 36.4 Å². The monoisotopic (exact) mass is 407 g/mol. The van der Waals surface area contributed by atoms with Gasteiger partial charge in [0.1, 0.15) is 5.56 Å². The number of nitro groups is 1. The maximum absolute atomic E-state index is 12.4. The average Bonchev–Trinajstić information content (AvgIpc) is 2.70. The molecule has 148 valence electrons. The second-order valence-electron chi connectivity index (χ2n) is 5.50. The van der Waals surface area contributed by atoms with Gasteiger partial charge in [-0.25, -0.2) is 0 Å². The van der Waals surface area contributed by atoms with Crippen LogP contribution in [0.25, 0.3) is 0 Å². The van der Waals surface area contributed by atoms with Gasteiger partial charge < -0.3 is 20.1 Å². The molecule has 0 fully saturated rings. The number of hydrogen-bond acceptors (Lipinski definition) is 6. The molecule has 2 amide bonds. The van der Waals surface area contributed by atoms with E-state index in [2.05, 4.69) is 10.6 Å². The molecule has 2 N–H and O–H groups in total. The van der Waals surface area contributed by atoms with E-state index in [0.29, 0.717) is 10.6 Å². The smallest absolute Gasteiger partial charge is 0.286 e. The van der Waals surface area contributed by atoms with Gasteiger partial charge in [0.05, 0.1) is 25.2 Å². The lowest BCUT2D eigenvalue weighted by Gasteiger charge is -2.11. The second-order valence-corrected chi connectivity index (χ2v) is 5.94. The van der Waals surface area contributed by atoms with E-state index in [0.717, 1.165) is 6.07 Å². The van der Waals surface area contributed by atoms with E-state index in [1.807, 2.05) is 0 Å². The SMILES string of the molecule is COc1cc(C(=O)NCCNC(=O)c2ccc(Cl)cc2)c([N+](=O)[O-])cc1OC. The molecule has 0 saturated carbocycles. The number of benzene rings is 2. The Morgan fingerprint density at radius 1 is 1.00 bits per heavy atom. The molecule has 2 rings (SSSR count). The third kappa shape index (κ3) is 5.10. The van der Waals surface area contributed by atoms with Crippen molar-refractivity contribution in [2.45, 2.75) is 0 Å². The summed E-state index contributed by atoms with van der Waals surface area (Å²) in [6.45, 7) is 0.206. The van der Waals surface area contributed by atoms with Crippen LogP contribution in [0.3, 0.4) is 0 Å². The van der Waals surface area contributed by atoms with Gasteiger partial charge in [0, 0.05) is 29.7 Å². The zero-order chi connectivity index (χ0) is 20.7. The van der Waals surface area contributed by atoms with E-state index < -0.39 is 16.5 Å². The molecule has 0 aliphatic rings. The first-order chi connectivity index (χ1) is 13.4. The maximum Gasteiger partial charge on any atom is 0.286 e. The third-order valence-corrected chi connectivity index (χ3v) is 4.00. The first kappa shape index (κ1) is 21.0. The molecule has 0 heterocycles. The Kier molecular flexibility index (Phi) is 7.16. The number of halogens is 1. The van der Waals surface area contributed by atoms with Gasteiger partial charge in [-0.3, -0.25) is 19.7 Å². The summed E-state index contributed by atoms with van der Waals surface area (Å²) in [5, 5.41) is 16.9. The number of nitro benzene ring substituents is 1. The fraction of sp³-hybridized carbons (Fsp3) is 0.222. The van der Waals surface area contributed by atoms with Crippen molar-refractivity contribution in [2.75, 3.05) is 27.3 Å². The number of amides is 2. The molecule has 0 atom stereocenters. The van der Waals surface area contributed by atoms with Crippen LogP contribution in [0.4, 0.5) is 5.69 Å². The minimum atomic E-state index is -0.681. The Bertz CT molecular complexity index is 886. The summed E-state index contributed by atoms with van der Waals surface area (Å²) in [5.41, 5.74) is -0.168. The van der Waals surface area contributed by atoms with Gasteiger partial charge in [-0.2, -0.15) is 0 Å². The van der Waals surface area contributed by atoms with E-state index >= 15 is 0 Å². The van der Waals surface area contributed by atoms with Crippen LogP contribution in [-0.4, -0.2) is 44.0 Å². The number of ether oxygens (including phenoxy) is 2. The summed E-state index contributed by atoms with van der Waals surface area (Å²) in [4.78, 5) is 34.9. The van der Waals surface area contributed by atoms with E-state index in [9.17, 15) is 19.7 Å². The van der Waals surface area contributed by atoms with Crippen LogP contribution >= 0.6 is 11.6 Å². The number of methoxy groups -OCH3 is 2. The van der Waals surface area contributed by atoms with Gasteiger partial charge in [0.25, 0.3) is 17.5 Å². The lowest BCUT2D eigenvalue weighted by atomic mass is 10.1. The van der Waals surface area contributed by atoms with Crippen molar-refractivity contribution in [3.05, 3.63) is 62.7 Å². The van der Waals surface area contributed by atoms with Crippen molar-refractivity contribution in [3.63, 3.8) is 0 Å². The highest BCUT2D eigenvalue weighted by Crippen LogP contribution is 2.34. The minimum absolute atomic E-state index is 0.0731. The fourth-order valence-corrected chi connectivity index (χ4v) is 2.48. The average molecular weight is 408 g/mol. The lowest BCUT2D eigenvalue weighted by molar-refractivity contribution is -0.385. The predicted octanol–water partition coefficient (Wildman–Crippen LogP) is 2.43. The van der Waals surface area contributed by atoms with Crippen molar-refractivity contribution in [1.82, 2.24) is 10.6 Å². The first-order valence-corrected chi connectivity index (χ1v) is 8.47. The molecule has 0 unspecified atom stereocenters. The number of rotatable bonds is 8. The second kappa shape index (κ2) is 9.56. The molecule has 0 bridgehead atoms. The molecule has 9 nitrogen and oxygen atoms in total. The summed E-state index contributed by atoms with van der Waals surface area (Å²) < 4.78 is 10.1. The van der Waals surface area contributed by atoms with Gasteiger partial charge >= 0.3 is 0 Å². The molecule has 2 aromatic rings. The quantitative estimate of drug-likeness (QED) is 0.394. The lowest BCUT2D eigenvalue weighted by Crippen LogP contribution is -2.34. The first-order valence-electron chi connectivity index (χ1n) is 8.09. The molecule has 0 radical (unpaired) electrons. The molecule has 0 saturated heterocycles. The standard InChI is InChI=1S/C18H18ClN3O6/c1-27-15-9-13(14(22(25)26)10-16(15)28-2)18(24)21-8-7-20-17(23)11-3-5-12(19)6-4-11/h3-6,9-10H,7-8H2,1-2H3,(H,20,23)(H,21,24). The number of nitrogens with one attached hydrogen (secondary N) is 2. The topological polar surface area (TPSA) is 120 Å². The highest BCUT2D eigenvalue weighted by atomic mass is 35.5. The van der Waals surface area contributed by atoms with E-state index in [-0.39, 0.29) is 36.1 Å². The normalized spacial score (nSPS) is 10.1. The summed E-state index contributed by atoms with van der Waals surface area (Å²) in [6, 6.07) is 8.68. The third-order valence-electron chi connectivity index (χ3n) is 3.75. The fourth-order valence-electron chi connectivity index (χ4n) is 2.35. The molecule has 28 heavy (non-hydrogen) atoms. The largest absolute Gasteiger partial charge is 0.493 e. The van der Waals surface area contributed by atoms with Crippen LogP contribution in [0.2, 0.25) is 5.02 Å². The number of carbonyl (C=O) groups is 2. The number of nitrogens with zero attached hydrogens (tertiary/aromatic N) is 1. The van der Waals surface area contributed by atoms with E-state index in [4.69, 9.17) is 21.1 Å². The van der Waals surface area contributed by atoms with Crippen molar-refractivity contribution in [1.29, 1.82) is 0 Å². The molecular formula is C18H18ClN3O6. The molecule has 2 aromatic carbocycles. The summed E-state index contributed by atoms with van der Waals surface area (Å²) in [5.74, 6) is -0.674. The van der Waals surface area contributed by atoms with Crippen LogP contribution in [0.5, 0.6) is 11.5 Å². The van der Waals surface area contributed by atoms with E-state index in [1.54, 1.807) is 24.3 Å². The number of hydrogen-bond donors (Lipinski definition) is 2. The Morgan fingerprint density at radius 3 is 2.07 bits per heavy atom. The Hall–Kier alpha value is -3.33. The number of carbonyl (C=O) groups excluding carboxylic acids is 2. The van der Waals surface area contributed by atoms with Crippen molar-refractivity contribution < 1.29 is 24.0 Å². The Balaban J connectivity index is 1.99. The molecule has 10 heteroatoms. The van der Waals surface area contributed by atoms with Crippen molar-refractivity contribution in [2.24, 2.45) is 0 Å². The Labute approximate surface area is 165 Å². The summed E-state index contributed by atoms with van der Waals surface area (Å²) >= 11 is 5.77. The predicted molar refractivity (Wildman–Crippen MR) is 102 cm³/mol. The van der Waals surface area contributed by atoms with Crippen molar-refractivity contribution in [3.8, 4) is 11.5 Å². The van der Waals surface area contributed by atoms with Crippen LogP contribution in [0.1, 0.15) is 20.7 Å². The summed E-state index contributed by atoms with van der Waals surface area (Å²) in [7, 11) is 2.70. The van der Waals surface area contributed by atoms with Crippen molar-refractivity contribution >= 4 is 29.1 Å². The van der Waals surface area contributed by atoms with Gasteiger partial charge in [-0.05, 0) is 24.3 Å². The summed E-state index contributed by atoms with van der Waals surface area (Å²) in [6.07, 6.45) is 0. The molecule has 0 aliphatic heterocycles. The highest BCUT2D eigenvalue weighted by Gasteiger charge is 2.24.